The Morgan fingerprint density at radius 2 is 1.60 bits per heavy atom. The highest BCUT2D eigenvalue weighted by atomic mass is 14.1. The van der Waals surface area contributed by atoms with Gasteiger partial charge in [0.1, 0.15) is 0 Å². The van der Waals surface area contributed by atoms with Gasteiger partial charge < -0.3 is 0 Å². The summed E-state index contributed by atoms with van der Waals surface area (Å²) in [7, 11) is 0. The lowest BCUT2D eigenvalue weighted by atomic mass is 9.98. The Hall–Kier alpha value is -1.82. The van der Waals surface area contributed by atoms with E-state index in [0.717, 1.165) is 0 Å². The summed E-state index contributed by atoms with van der Waals surface area (Å²) in [5, 5.41) is 5.15. The summed E-state index contributed by atoms with van der Waals surface area (Å²) in [6.07, 6.45) is 0. The smallest absolute Gasteiger partial charge is 0.00961 e. The van der Waals surface area contributed by atoms with Crippen molar-refractivity contribution in [3.63, 3.8) is 0 Å². The molecule has 0 heteroatoms. The zero-order valence-corrected chi connectivity index (χ0v) is 8.62. The van der Waals surface area contributed by atoms with Crippen molar-refractivity contribution in [1.29, 1.82) is 0 Å². The highest BCUT2D eigenvalue weighted by molar-refractivity contribution is 6.08. The van der Waals surface area contributed by atoms with E-state index in [-0.39, 0.29) is 0 Å². The average Bonchev–Trinajstić information content (AvgIpc) is 2.30. The zero-order chi connectivity index (χ0) is 10.3. The molecule has 0 spiro atoms. The maximum Gasteiger partial charge on any atom is -0.00961 e. The van der Waals surface area contributed by atoms with Crippen LogP contribution in [0.4, 0.5) is 0 Å². The Bertz CT molecular complexity index is 636. The first-order chi connectivity index (χ1) is 7.36. The van der Waals surface area contributed by atoms with E-state index >= 15 is 0 Å². The molecular weight excluding hydrogens is 180 g/mol. The van der Waals surface area contributed by atoms with Crippen molar-refractivity contribution in [3.05, 3.63) is 60.2 Å². The first-order valence-electron chi connectivity index (χ1n) is 5.15. The molecule has 3 rings (SSSR count). The summed E-state index contributed by atoms with van der Waals surface area (Å²) in [4.78, 5) is 0. The second kappa shape index (κ2) is 3.09. The van der Waals surface area contributed by atoms with Crippen LogP contribution in [-0.4, -0.2) is 0 Å². The summed E-state index contributed by atoms with van der Waals surface area (Å²) >= 11 is 0. The molecule has 1 radical (unpaired) electrons. The third kappa shape index (κ3) is 1.22. The van der Waals surface area contributed by atoms with Crippen molar-refractivity contribution in [2.75, 3.05) is 0 Å². The van der Waals surface area contributed by atoms with Gasteiger partial charge in [0.05, 0.1) is 0 Å². The molecule has 0 saturated heterocycles. The number of fused-ring (bicyclic) bond motifs is 3. The van der Waals surface area contributed by atoms with Crippen molar-refractivity contribution >= 4 is 21.5 Å². The topological polar surface area (TPSA) is 0 Å². The Morgan fingerprint density at radius 3 is 2.47 bits per heavy atom. The third-order valence-corrected chi connectivity index (χ3v) is 2.89. The van der Waals surface area contributed by atoms with Crippen molar-refractivity contribution in [2.24, 2.45) is 0 Å². The Balaban J connectivity index is 2.64. The first-order valence-corrected chi connectivity index (χ1v) is 5.15. The molecule has 0 aromatic heterocycles. The summed E-state index contributed by atoms with van der Waals surface area (Å²) in [5.74, 6) is 0. The number of benzene rings is 3. The predicted molar refractivity (Wildman–Crippen MR) is 65.0 cm³/mol. The molecule has 0 saturated carbocycles. The molecule has 71 valence electrons. The molecule has 0 heterocycles. The van der Waals surface area contributed by atoms with Gasteiger partial charge in [0, 0.05) is 0 Å². The fraction of sp³-hybridized carbons (Fsp3) is 0.0667. The van der Waals surface area contributed by atoms with Gasteiger partial charge in [-0.15, -0.1) is 0 Å². The minimum Gasteiger partial charge on any atom is -0.0616 e. The predicted octanol–water partition coefficient (Wildman–Crippen LogP) is 4.10. The number of rotatable bonds is 0. The van der Waals surface area contributed by atoms with Crippen LogP contribution < -0.4 is 0 Å². The molecule has 0 nitrogen and oxygen atoms in total. The molecule has 0 amide bonds. The van der Waals surface area contributed by atoms with Crippen LogP contribution in [0.25, 0.3) is 21.5 Å². The van der Waals surface area contributed by atoms with E-state index in [1.165, 1.54) is 27.1 Å². The van der Waals surface area contributed by atoms with Crippen LogP contribution >= 0.6 is 0 Å². The molecule has 0 bridgehead atoms. The monoisotopic (exact) mass is 191 g/mol. The van der Waals surface area contributed by atoms with E-state index < -0.39 is 0 Å². The molecule has 0 aliphatic rings. The Labute approximate surface area is 89.2 Å². The molecular formula is C15H11. The van der Waals surface area contributed by atoms with Crippen LogP contribution in [0.3, 0.4) is 0 Å². The minimum atomic E-state index is 1.20. The molecule has 0 atom stereocenters. The van der Waals surface area contributed by atoms with E-state index in [1.807, 2.05) is 12.1 Å². The largest absolute Gasteiger partial charge is 0.0616 e. The quantitative estimate of drug-likeness (QED) is 0.469. The van der Waals surface area contributed by atoms with Gasteiger partial charge >= 0.3 is 0 Å². The van der Waals surface area contributed by atoms with Gasteiger partial charge in [-0.3, -0.25) is 0 Å². The summed E-state index contributed by atoms with van der Waals surface area (Å²) in [6, 6.07) is 20.2. The summed E-state index contributed by atoms with van der Waals surface area (Å²) in [5.41, 5.74) is 1.32. The average molecular weight is 191 g/mol. The number of aryl methyl sites for hydroxylation is 1. The number of hydrogen-bond donors (Lipinski definition) is 0. The molecule has 0 aliphatic carbocycles. The fourth-order valence-corrected chi connectivity index (χ4v) is 2.16. The van der Waals surface area contributed by atoms with Crippen LogP contribution in [0, 0.1) is 13.0 Å². The minimum absolute atomic E-state index is 1.20. The molecule has 0 fully saturated rings. The molecule has 0 aliphatic heterocycles. The SMILES string of the molecule is Cc1cc2[c]cccc2c2ccccc12. The van der Waals surface area contributed by atoms with Crippen LogP contribution in [0.5, 0.6) is 0 Å². The highest BCUT2D eigenvalue weighted by Crippen LogP contribution is 2.27. The zero-order valence-electron chi connectivity index (χ0n) is 8.62. The van der Waals surface area contributed by atoms with Crippen LogP contribution in [0.15, 0.2) is 48.5 Å². The molecule has 3 aromatic carbocycles. The van der Waals surface area contributed by atoms with E-state index in [9.17, 15) is 0 Å². The lowest BCUT2D eigenvalue weighted by Crippen LogP contribution is -1.81. The lowest BCUT2D eigenvalue weighted by molar-refractivity contribution is 1.55. The van der Waals surface area contributed by atoms with Gasteiger partial charge in [0.15, 0.2) is 0 Å². The highest BCUT2D eigenvalue weighted by Gasteiger charge is 2.01. The van der Waals surface area contributed by atoms with Gasteiger partial charge in [-0.2, -0.15) is 0 Å². The summed E-state index contributed by atoms with van der Waals surface area (Å²) < 4.78 is 0. The molecule has 15 heavy (non-hydrogen) atoms. The van der Waals surface area contributed by atoms with Crippen molar-refractivity contribution in [3.8, 4) is 0 Å². The Morgan fingerprint density at radius 1 is 0.867 bits per heavy atom. The first kappa shape index (κ1) is 8.49. The third-order valence-electron chi connectivity index (χ3n) is 2.89. The lowest BCUT2D eigenvalue weighted by Gasteiger charge is -2.06. The summed E-state index contributed by atoms with van der Waals surface area (Å²) in [6.45, 7) is 2.16. The van der Waals surface area contributed by atoms with E-state index in [1.54, 1.807) is 0 Å². The van der Waals surface area contributed by atoms with Gasteiger partial charge in [-0.1, -0.05) is 48.5 Å². The van der Waals surface area contributed by atoms with Crippen molar-refractivity contribution in [1.82, 2.24) is 0 Å². The standard InChI is InChI=1S/C15H11/c1-11-10-12-6-2-3-8-14(12)15-9-5-4-7-13(11)15/h2-5,7-10H,1H3. The molecule has 3 aromatic rings. The van der Waals surface area contributed by atoms with E-state index in [4.69, 9.17) is 0 Å². The molecule has 0 unspecified atom stereocenters. The van der Waals surface area contributed by atoms with Gasteiger partial charge in [-0.25, -0.2) is 0 Å². The normalized spacial score (nSPS) is 11.0. The Kier molecular flexibility index (Phi) is 1.75. The molecule has 0 N–H and O–H groups in total. The second-order valence-corrected chi connectivity index (χ2v) is 3.87. The van der Waals surface area contributed by atoms with E-state index in [0.29, 0.717) is 0 Å². The number of hydrogen-bond acceptors (Lipinski definition) is 0. The maximum absolute atomic E-state index is 3.28. The van der Waals surface area contributed by atoms with Crippen LogP contribution in [-0.2, 0) is 0 Å². The fourth-order valence-electron chi connectivity index (χ4n) is 2.16. The van der Waals surface area contributed by atoms with Gasteiger partial charge in [0.25, 0.3) is 0 Å². The second-order valence-electron chi connectivity index (χ2n) is 3.87. The van der Waals surface area contributed by atoms with E-state index in [2.05, 4.69) is 49.4 Å². The van der Waals surface area contributed by atoms with Crippen LogP contribution in [0.2, 0.25) is 0 Å². The van der Waals surface area contributed by atoms with Crippen molar-refractivity contribution < 1.29 is 0 Å². The van der Waals surface area contributed by atoms with Gasteiger partial charge in [0.2, 0.25) is 0 Å². The van der Waals surface area contributed by atoms with Crippen molar-refractivity contribution in [2.45, 2.75) is 6.92 Å². The maximum atomic E-state index is 3.28. The van der Waals surface area contributed by atoms with Crippen LogP contribution in [0.1, 0.15) is 5.56 Å². The van der Waals surface area contributed by atoms with Gasteiger partial charge in [-0.05, 0) is 40.1 Å².